The monoisotopic (exact) mass is 483 g/mol. The normalized spacial score (nSPS) is 10.9. The van der Waals surface area contributed by atoms with Crippen LogP contribution in [0, 0.1) is 13.8 Å². The van der Waals surface area contributed by atoms with Crippen LogP contribution in [0.5, 0.6) is 0 Å². The number of aromatic nitrogens is 3. The molecule has 0 unspecified atom stereocenters. The molecule has 34 heavy (non-hydrogen) atoms. The second kappa shape index (κ2) is 9.25. The molecule has 0 atom stereocenters. The highest BCUT2D eigenvalue weighted by molar-refractivity contribution is 7.80. The van der Waals surface area contributed by atoms with E-state index >= 15 is 0 Å². The Morgan fingerprint density at radius 3 is 2.44 bits per heavy atom. The molecule has 7 heteroatoms. The summed E-state index contributed by atoms with van der Waals surface area (Å²) in [6, 6.07) is 26.3. The Morgan fingerprint density at radius 2 is 1.65 bits per heavy atom. The maximum absolute atomic E-state index is 6.30. The van der Waals surface area contributed by atoms with E-state index in [0.717, 1.165) is 39.0 Å². The number of halogens is 1. The van der Waals surface area contributed by atoms with Crippen molar-refractivity contribution in [2.75, 3.05) is 10.6 Å². The lowest BCUT2D eigenvalue weighted by Crippen LogP contribution is -2.19. The number of benzene rings is 4. The van der Waals surface area contributed by atoms with Gasteiger partial charge in [0.05, 0.1) is 16.4 Å². The summed E-state index contributed by atoms with van der Waals surface area (Å²) < 4.78 is 1.79. The summed E-state index contributed by atoms with van der Waals surface area (Å²) in [4.78, 5) is 4.51. The van der Waals surface area contributed by atoms with Crippen LogP contribution in [0.2, 0.25) is 5.02 Å². The maximum atomic E-state index is 6.30. The number of thiocarbonyl (C=S) groups is 1. The lowest BCUT2D eigenvalue weighted by atomic mass is 10.1. The summed E-state index contributed by atoms with van der Waals surface area (Å²) in [5, 5.41) is 14.4. The number of fused-ring (bicyclic) bond motifs is 1. The highest BCUT2D eigenvalue weighted by Gasteiger charge is 2.09. The van der Waals surface area contributed by atoms with Crippen molar-refractivity contribution in [3.05, 3.63) is 101 Å². The molecule has 2 N–H and O–H groups in total. The van der Waals surface area contributed by atoms with Crippen molar-refractivity contribution in [1.82, 2.24) is 14.8 Å². The minimum atomic E-state index is 0.484. The summed E-state index contributed by atoms with van der Waals surface area (Å²) in [6.45, 7) is 4.06. The maximum Gasteiger partial charge on any atom is 0.181 e. The fraction of sp³-hybridized carbons (Fsp3) is 0.0741. The summed E-state index contributed by atoms with van der Waals surface area (Å²) >= 11 is 11.8. The number of nitrogens with one attached hydrogen (secondary N) is 2. The molecule has 0 bridgehead atoms. The molecule has 0 spiro atoms. The third kappa shape index (κ3) is 4.64. The first kappa shape index (κ1) is 22.1. The molecule has 4 aromatic carbocycles. The first-order chi connectivity index (χ1) is 16.5. The average Bonchev–Trinajstić information content (AvgIpc) is 3.32. The van der Waals surface area contributed by atoms with Gasteiger partial charge in [-0.1, -0.05) is 59.6 Å². The Kier molecular flexibility index (Phi) is 6.01. The lowest BCUT2D eigenvalue weighted by Gasteiger charge is -2.14. The van der Waals surface area contributed by atoms with E-state index in [9.17, 15) is 0 Å². The molecule has 1 aromatic heterocycles. The standard InChI is InChI=1S/C27H22ClN5S/c1-17-6-12-23(13-7-17)33-16-29-26(32-33)21-9-8-20-15-22(11-10-19(20)14-21)30-27(34)31-25-18(2)4-3-5-24(25)28/h3-16H,1-2H3,(H2,30,31,34). The molecule has 0 aliphatic carbocycles. The molecular weight excluding hydrogens is 462 g/mol. The number of nitrogens with zero attached hydrogens (tertiary/aromatic N) is 3. The van der Waals surface area contributed by atoms with Crippen LogP contribution in [0.3, 0.4) is 0 Å². The third-order valence-corrected chi connectivity index (χ3v) is 6.13. The Bertz CT molecular complexity index is 1490. The van der Waals surface area contributed by atoms with Crippen molar-refractivity contribution in [2.24, 2.45) is 0 Å². The Balaban J connectivity index is 1.34. The van der Waals surface area contributed by atoms with E-state index in [1.54, 1.807) is 11.0 Å². The van der Waals surface area contributed by atoms with Gasteiger partial charge in [-0.2, -0.15) is 0 Å². The molecule has 1 heterocycles. The lowest BCUT2D eigenvalue weighted by molar-refractivity contribution is 0.881. The van der Waals surface area contributed by atoms with Gasteiger partial charge in [0.25, 0.3) is 0 Å². The smallest absolute Gasteiger partial charge is 0.181 e. The predicted molar refractivity (Wildman–Crippen MR) is 145 cm³/mol. The van der Waals surface area contributed by atoms with Crippen molar-refractivity contribution < 1.29 is 0 Å². The zero-order chi connectivity index (χ0) is 23.7. The summed E-state index contributed by atoms with van der Waals surface area (Å²) in [5.41, 5.74) is 5.89. The van der Waals surface area contributed by atoms with Gasteiger partial charge >= 0.3 is 0 Å². The SMILES string of the molecule is Cc1ccc(-n2cnc(-c3ccc4cc(NC(=S)Nc5c(C)cccc5Cl)ccc4c3)n2)cc1. The van der Waals surface area contributed by atoms with Gasteiger partial charge < -0.3 is 10.6 Å². The number of anilines is 2. The number of hydrogen-bond donors (Lipinski definition) is 2. The zero-order valence-electron chi connectivity index (χ0n) is 18.7. The van der Waals surface area contributed by atoms with Crippen molar-refractivity contribution in [1.29, 1.82) is 0 Å². The molecule has 0 aliphatic heterocycles. The number of rotatable bonds is 4. The van der Waals surface area contributed by atoms with Gasteiger partial charge in [0.2, 0.25) is 0 Å². The molecule has 0 aliphatic rings. The van der Waals surface area contributed by atoms with Crippen molar-refractivity contribution in [3.63, 3.8) is 0 Å². The number of aryl methyl sites for hydroxylation is 2. The Hall–Kier alpha value is -3.74. The van der Waals surface area contributed by atoms with E-state index in [0.29, 0.717) is 16.0 Å². The fourth-order valence-corrected chi connectivity index (χ4v) is 4.23. The second-order valence-corrected chi connectivity index (χ2v) is 8.95. The Morgan fingerprint density at radius 1 is 0.882 bits per heavy atom. The van der Waals surface area contributed by atoms with E-state index in [1.807, 2.05) is 49.4 Å². The predicted octanol–water partition coefficient (Wildman–Crippen LogP) is 7.17. The molecular formula is C27H22ClN5S. The second-order valence-electron chi connectivity index (χ2n) is 8.14. The summed E-state index contributed by atoms with van der Waals surface area (Å²) in [6.07, 6.45) is 1.74. The van der Waals surface area contributed by atoms with Crippen LogP contribution in [0.15, 0.2) is 85.2 Å². The van der Waals surface area contributed by atoms with Gasteiger partial charge in [0.1, 0.15) is 6.33 Å². The van der Waals surface area contributed by atoms with Gasteiger partial charge in [-0.25, -0.2) is 9.67 Å². The highest BCUT2D eigenvalue weighted by Crippen LogP contribution is 2.27. The molecule has 5 rings (SSSR count). The summed E-state index contributed by atoms with van der Waals surface area (Å²) in [7, 11) is 0. The molecule has 5 aromatic rings. The number of para-hydroxylation sites is 1. The van der Waals surface area contributed by atoms with Crippen molar-refractivity contribution >= 4 is 51.1 Å². The van der Waals surface area contributed by atoms with Gasteiger partial charge in [-0.3, -0.25) is 0 Å². The van der Waals surface area contributed by atoms with Crippen LogP contribution in [0.25, 0.3) is 27.8 Å². The number of hydrogen-bond acceptors (Lipinski definition) is 3. The first-order valence-corrected chi connectivity index (χ1v) is 11.6. The topological polar surface area (TPSA) is 54.8 Å². The molecule has 0 saturated carbocycles. The highest BCUT2D eigenvalue weighted by atomic mass is 35.5. The fourth-order valence-electron chi connectivity index (χ4n) is 3.75. The minimum absolute atomic E-state index is 0.484. The van der Waals surface area contributed by atoms with Crippen molar-refractivity contribution in [3.8, 4) is 17.1 Å². The van der Waals surface area contributed by atoms with E-state index < -0.39 is 0 Å². The van der Waals surface area contributed by atoms with Crippen LogP contribution >= 0.6 is 23.8 Å². The first-order valence-electron chi connectivity index (χ1n) is 10.8. The average molecular weight is 484 g/mol. The van der Waals surface area contributed by atoms with Crippen molar-refractivity contribution in [2.45, 2.75) is 13.8 Å². The van der Waals surface area contributed by atoms with E-state index in [4.69, 9.17) is 23.8 Å². The van der Waals surface area contributed by atoms with Crippen LogP contribution in [0.4, 0.5) is 11.4 Å². The zero-order valence-corrected chi connectivity index (χ0v) is 20.3. The Labute approximate surface area is 208 Å². The van der Waals surface area contributed by atoms with Crippen LogP contribution in [-0.4, -0.2) is 19.9 Å². The van der Waals surface area contributed by atoms with E-state index in [2.05, 4.69) is 64.0 Å². The quantitative estimate of drug-likeness (QED) is 0.265. The van der Waals surface area contributed by atoms with Gasteiger partial charge in [0.15, 0.2) is 10.9 Å². The molecule has 0 fully saturated rings. The third-order valence-electron chi connectivity index (χ3n) is 5.61. The molecule has 168 valence electrons. The van der Waals surface area contributed by atoms with Crippen LogP contribution < -0.4 is 10.6 Å². The van der Waals surface area contributed by atoms with Gasteiger partial charge in [-0.05, 0) is 78.8 Å². The molecule has 0 radical (unpaired) electrons. The summed E-state index contributed by atoms with van der Waals surface area (Å²) in [5.74, 6) is 0.685. The molecule has 5 nitrogen and oxygen atoms in total. The van der Waals surface area contributed by atoms with Crippen LogP contribution in [-0.2, 0) is 0 Å². The van der Waals surface area contributed by atoms with E-state index in [1.165, 1.54) is 5.56 Å². The van der Waals surface area contributed by atoms with Crippen LogP contribution in [0.1, 0.15) is 11.1 Å². The largest absolute Gasteiger partial charge is 0.332 e. The van der Waals surface area contributed by atoms with E-state index in [-0.39, 0.29) is 0 Å². The van der Waals surface area contributed by atoms with Gasteiger partial charge in [0, 0.05) is 11.3 Å². The minimum Gasteiger partial charge on any atom is -0.332 e. The molecule has 0 saturated heterocycles. The van der Waals surface area contributed by atoms with Gasteiger partial charge in [-0.15, -0.1) is 5.10 Å². The molecule has 0 amide bonds.